The van der Waals surface area contributed by atoms with Crippen molar-refractivity contribution < 1.29 is 9.47 Å². The van der Waals surface area contributed by atoms with Gasteiger partial charge in [0, 0.05) is 6.54 Å². The molecule has 1 fully saturated rings. The fourth-order valence-electron chi connectivity index (χ4n) is 1.78. The van der Waals surface area contributed by atoms with Gasteiger partial charge >= 0.3 is 0 Å². The predicted octanol–water partition coefficient (Wildman–Crippen LogP) is 1.95. The van der Waals surface area contributed by atoms with Crippen molar-refractivity contribution in [2.24, 2.45) is 11.1 Å². The molecule has 0 radical (unpaired) electrons. The molecule has 88 valence electrons. The highest BCUT2D eigenvalue weighted by Crippen LogP contribution is 2.31. The van der Waals surface area contributed by atoms with Crippen molar-refractivity contribution in [3.05, 3.63) is 29.8 Å². The second kappa shape index (κ2) is 4.85. The summed E-state index contributed by atoms with van der Waals surface area (Å²) in [4.78, 5) is 0. The van der Waals surface area contributed by atoms with Crippen molar-refractivity contribution in [2.75, 3.05) is 19.8 Å². The molecule has 1 aromatic carbocycles. The topological polar surface area (TPSA) is 44.5 Å². The van der Waals surface area contributed by atoms with Crippen molar-refractivity contribution in [1.82, 2.24) is 0 Å². The van der Waals surface area contributed by atoms with Gasteiger partial charge in [-0.3, -0.25) is 0 Å². The highest BCUT2D eigenvalue weighted by atomic mass is 16.5. The molecule has 1 aliphatic rings. The van der Waals surface area contributed by atoms with Gasteiger partial charge in [0.25, 0.3) is 0 Å². The summed E-state index contributed by atoms with van der Waals surface area (Å²) in [7, 11) is 0. The first-order valence-electron chi connectivity index (χ1n) is 5.77. The van der Waals surface area contributed by atoms with Gasteiger partial charge in [-0.2, -0.15) is 0 Å². The zero-order valence-corrected chi connectivity index (χ0v) is 9.74. The summed E-state index contributed by atoms with van der Waals surface area (Å²) >= 11 is 0. The van der Waals surface area contributed by atoms with Crippen molar-refractivity contribution in [1.29, 1.82) is 0 Å². The Labute approximate surface area is 96.5 Å². The lowest BCUT2D eigenvalue weighted by Gasteiger charge is -2.40. The average molecular weight is 221 g/mol. The summed E-state index contributed by atoms with van der Waals surface area (Å²) in [6, 6.07) is 7.97. The number of rotatable bonds is 5. The fourth-order valence-corrected chi connectivity index (χ4v) is 1.78. The van der Waals surface area contributed by atoms with E-state index in [9.17, 15) is 0 Å². The highest BCUT2D eigenvalue weighted by molar-refractivity contribution is 5.28. The molecule has 0 unspecified atom stereocenters. The molecule has 0 aromatic heterocycles. The van der Waals surface area contributed by atoms with Crippen molar-refractivity contribution >= 4 is 0 Å². The van der Waals surface area contributed by atoms with Gasteiger partial charge in [0.1, 0.15) is 5.75 Å². The van der Waals surface area contributed by atoms with E-state index in [1.165, 1.54) is 0 Å². The summed E-state index contributed by atoms with van der Waals surface area (Å²) in [5.74, 6) is 0.905. The lowest BCUT2D eigenvalue weighted by molar-refractivity contribution is -0.133. The van der Waals surface area contributed by atoms with Crippen LogP contribution in [0.4, 0.5) is 0 Å². The zero-order valence-electron chi connectivity index (χ0n) is 9.74. The molecule has 3 heteroatoms. The summed E-state index contributed by atoms with van der Waals surface area (Å²) in [6.45, 7) is 5.11. The Bertz CT molecular complexity index is 342. The van der Waals surface area contributed by atoms with Crippen molar-refractivity contribution in [2.45, 2.75) is 19.9 Å². The molecule has 0 saturated carbocycles. The van der Waals surface area contributed by atoms with Crippen LogP contribution in [0.3, 0.4) is 0 Å². The minimum absolute atomic E-state index is 0.235. The van der Waals surface area contributed by atoms with Crippen LogP contribution in [0.1, 0.15) is 18.9 Å². The van der Waals surface area contributed by atoms with Gasteiger partial charge in [0.15, 0.2) is 0 Å². The maximum Gasteiger partial charge on any atom is 0.119 e. The molecule has 0 bridgehead atoms. The highest BCUT2D eigenvalue weighted by Gasteiger charge is 2.37. The second-order valence-electron chi connectivity index (χ2n) is 4.49. The monoisotopic (exact) mass is 221 g/mol. The second-order valence-corrected chi connectivity index (χ2v) is 4.49. The number of hydrogen-bond acceptors (Lipinski definition) is 3. The first-order chi connectivity index (χ1) is 7.78. The van der Waals surface area contributed by atoms with E-state index in [0.29, 0.717) is 6.54 Å². The summed E-state index contributed by atoms with van der Waals surface area (Å²) < 4.78 is 11.1. The normalized spacial score (nSPS) is 17.9. The Hall–Kier alpha value is -1.06. The lowest BCUT2D eigenvalue weighted by atomic mass is 9.84. The maximum absolute atomic E-state index is 5.81. The lowest BCUT2D eigenvalue weighted by Crippen LogP contribution is -2.46. The van der Waals surface area contributed by atoms with Gasteiger partial charge in [-0.15, -0.1) is 0 Å². The van der Waals surface area contributed by atoms with Crippen LogP contribution in [0, 0.1) is 5.41 Å². The van der Waals surface area contributed by atoms with Crippen molar-refractivity contribution in [3.8, 4) is 5.75 Å². The Morgan fingerprint density at radius 2 is 2.25 bits per heavy atom. The van der Waals surface area contributed by atoms with Crippen LogP contribution in [0.2, 0.25) is 0 Å². The molecule has 16 heavy (non-hydrogen) atoms. The molecule has 0 aliphatic carbocycles. The SMILES string of the molecule is CCC1(COc2cccc(CN)c2)COC1. The number of ether oxygens (including phenoxy) is 2. The first kappa shape index (κ1) is 11.4. The van der Waals surface area contributed by atoms with Crippen LogP contribution < -0.4 is 10.5 Å². The Balaban J connectivity index is 1.93. The van der Waals surface area contributed by atoms with E-state index >= 15 is 0 Å². The molecule has 1 aliphatic heterocycles. The molecule has 1 aromatic rings. The standard InChI is InChI=1S/C13H19NO2/c1-2-13(8-15-9-13)10-16-12-5-3-4-11(6-12)7-14/h3-6H,2,7-10,14H2,1H3. The minimum Gasteiger partial charge on any atom is -0.493 e. The molecular formula is C13H19NO2. The van der Waals surface area contributed by atoms with Crippen LogP contribution in [-0.2, 0) is 11.3 Å². The number of hydrogen-bond donors (Lipinski definition) is 1. The number of nitrogens with two attached hydrogens (primary N) is 1. The maximum atomic E-state index is 5.81. The average Bonchev–Trinajstić information content (AvgIpc) is 2.29. The van der Waals surface area contributed by atoms with Crippen LogP contribution in [0.25, 0.3) is 0 Å². The quantitative estimate of drug-likeness (QED) is 0.826. The van der Waals surface area contributed by atoms with Crippen LogP contribution in [-0.4, -0.2) is 19.8 Å². The molecule has 0 spiro atoms. The van der Waals surface area contributed by atoms with Crippen LogP contribution >= 0.6 is 0 Å². The van der Waals surface area contributed by atoms with Gasteiger partial charge in [0.05, 0.1) is 25.2 Å². The molecule has 0 atom stereocenters. The van der Waals surface area contributed by atoms with E-state index in [-0.39, 0.29) is 5.41 Å². The summed E-state index contributed by atoms with van der Waals surface area (Å²) in [5, 5.41) is 0. The van der Waals surface area contributed by atoms with Gasteiger partial charge < -0.3 is 15.2 Å². The third-order valence-corrected chi connectivity index (χ3v) is 3.25. The van der Waals surface area contributed by atoms with E-state index in [1.54, 1.807) is 0 Å². The fraction of sp³-hybridized carbons (Fsp3) is 0.538. The van der Waals surface area contributed by atoms with E-state index in [1.807, 2.05) is 24.3 Å². The Morgan fingerprint density at radius 1 is 1.44 bits per heavy atom. The largest absolute Gasteiger partial charge is 0.493 e. The van der Waals surface area contributed by atoms with E-state index < -0.39 is 0 Å². The molecule has 0 amide bonds. The first-order valence-corrected chi connectivity index (χ1v) is 5.77. The Morgan fingerprint density at radius 3 is 2.81 bits per heavy atom. The molecule has 1 saturated heterocycles. The molecule has 2 rings (SSSR count). The van der Waals surface area contributed by atoms with E-state index in [0.717, 1.165) is 37.6 Å². The molecular weight excluding hydrogens is 202 g/mol. The van der Waals surface area contributed by atoms with Gasteiger partial charge in [0.2, 0.25) is 0 Å². The zero-order chi connectivity index (χ0) is 11.4. The van der Waals surface area contributed by atoms with Crippen LogP contribution in [0.5, 0.6) is 5.75 Å². The van der Waals surface area contributed by atoms with Crippen molar-refractivity contribution in [3.63, 3.8) is 0 Å². The van der Waals surface area contributed by atoms with Gasteiger partial charge in [-0.05, 0) is 24.1 Å². The number of benzene rings is 1. The third-order valence-electron chi connectivity index (χ3n) is 3.25. The third kappa shape index (κ3) is 2.36. The summed E-state index contributed by atoms with van der Waals surface area (Å²) in [6.07, 6.45) is 1.10. The van der Waals surface area contributed by atoms with Gasteiger partial charge in [-0.25, -0.2) is 0 Å². The molecule has 3 nitrogen and oxygen atoms in total. The molecule has 1 heterocycles. The molecule has 2 N–H and O–H groups in total. The van der Waals surface area contributed by atoms with E-state index in [2.05, 4.69) is 6.92 Å². The van der Waals surface area contributed by atoms with Gasteiger partial charge in [-0.1, -0.05) is 19.1 Å². The van der Waals surface area contributed by atoms with E-state index in [4.69, 9.17) is 15.2 Å². The summed E-state index contributed by atoms with van der Waals surface area (Å²) in [5.41, 5.74) is 6.93. The predicted molar refractivity (Wildman–Crippen MR) is 63.4 cm³/mol. The Kier molecular flexibility index (Phi) is 3.46. The smallest absolute Gasteiger partial charge is 0.119 e. The minimum atomic E-state index is 0.235. The van der Waals surface area contributed by atoms with Crippen LogP contribution in [0.15, 0.2) is 24.3 Å².